The molecule has 0 amide bonds. The molecular formula is C21H22N2O2. The van der Waals surface area contributed by atoms with E-state index >= 15 is 0 Å². The molecule has 0 aliphatic rings. The van der Waals surface area contributed by atoms with E-state index in [2.05, 4.69) is 24.0 Å². The molecule has 0 aliphatic heterocycles. The first kappa shape index (κ1) is 17.1. The summed E-state index contributed by atoms with van der Waals surface area (Å²) >= 11 is 0. The summed E-state index contributed by atoms with van der Waals surface area (Å²) < 4.78 is 5.51. The average Bonchev–Trinajstić information content (AvgIpc) is 3.08. The molecular weight excluding hydrogens is 312 g/mol. The second-order valence-corrected chi connectivity index (χ2v) is 6.60. The SMILES string of the molecule is CC(C)Cc1noc(C(CC(=O)c2ccccc2)c2ccccc2)n1. The number of hydrogen-bond acceptors (Lipinski definition) is 4. The van der Waals surface area contributed by atoms with Gasteiger partial charge in [-0.15, -0.1) is 0 Å². The predicted octanol–water partition coefficient (Wildman–Crippen LogP) is 4.67. The van der Waals surface area contributed by atoms with Crippen molar-refractivity contribution < 1.29 is 9.32 Å². The minimum atomic E-state index is -0.234. The lowest BCUT2D eigenvalue weighted by atomic mass is 9.91. The Morgan fingerprint density at radius 3 is 2.28 bits per heavy atom. The lowest BCUT2D eigenvalue weighted by Gasteiger charge is -2.12. The molecule has 1 aromatic heterocycles. The Labute approximate surface area is 147 Å². The molecule has 0 spiro atoms. The summed E-state index contributed by atoms with van der Waals surface area (Å²) in [5.41, 5.74) is 1.71. The molecule has 4 nitrogen and oxygen atoms in total. The van der Waals surface area contributed by atoms with Gasteiger partial charge in [0, 0.05) is 18.4 Å². The third-order valence-electron chi connectivity index (χ3n) is 4.06. The highest BCUT2D eigenvalue weighted by molar-refractivity contribution is 5.96. The fraction of sp³-hybridized carbons (Fsp3) is 0.286. The molecule has 4 heteroatoms. The van der Waals surface area contributed by atoms with Crippen LogP contribution in [0.1, 0.15) is 53.8 Å². The van der Waals surface area contributed by atoms with Crippen LogP contribution in [-0.2, 0) is 6.42 Å². The highest BCUT2D eigenvalue weighted by atomic mass is 16.5. The number of Topliss-reactive ketones (excluding diaryl/α,β-unsaturated/α-hetero) is 1. The minimum absolute atomic E-state index is 0.0677. The fourth-order valence-corrected chi connectivity index (χ4v) is 2.82. The molecule has 0 bridgehead atoms. The van der Waals surface area contributed by atoms with Gasteiger partial charge >= 0.3 is 0 Å². The van der Waals surface area contributed by atoms with E-state index in [0.29, 0.717) is 29.6 Å². The maximum Gasteiger partial charge on any atom is 0.234 e. The van der Waals surface area contributed by atoms with Crippen LogP contribution in [0.3, 0.4) is 0 Å². The molecule has 0 N–H and O–H groups in total. The van der Waals surface area contributed by atoms with Crippen LogP contribution in [0.5, 0.6) is 0 Å². The van der Waals surface area contributed by atoms with E-state index in [4.69, 9.17) is 4.52 Å². The van der Waals surface area contributed by atoms with Gasteiger partial charge in [0.1, 0.15) is 0 Å². The summed E-state index contributed by atoms with van der Waals surface area (Å²) in [7, 11) is 0. The highest BCUT2D eigenvalue weighted by Gasteiger charge is 2.24. The molecule has 1 unspecified atom stereocenters. The lowest BCUT2D eigenvalue weighted by Crippen LogP contribution is -2.10. The standard InChI is InChI=1S/C21H22N2O2/c1-15(2)13-20-22-21(25-23-20)18(16-9-5-3-6-10-16)14-19(24)17-11-7-4-8-12-17/h3-12,15,18H,13-14H2,1-2H3. The highest BCUT2D eigenvalue weighted by Crippen LogP contribution is 2.28. The van der Waals surface area contributed by atoms with Gasteiger partial charge in [0.25, 0.3) is 0 Å². The van der Waals surface area contributed by atoms with E-state index in [-0.39, 0.29) is 11.7 Å². The van der Waals surface area contributed by atoms with E-state index in [1.165, 1.54) is 0 Å². The zero-order valence-corrected chi connectivity index (χ0v) is 14.6. The zero-order valence-electron chi connectivity index (χ0n) is 14.6. The zero-order chi connectivity index (χ0) is 17.6. The van der Waals surface area contributed by atoms with Gasteiger partial charge in [0.15, 0.2) is 11.6 Å². The molecule has 0 saturated carbocycles. The molecule has 0 radical (unpaired) electrons. The number of carbonyl (C=O) groups excluding carboxylic acids is 1. The van der Waals surface area contributed by atoms with Crippen molar-refractivity contribution in [3.05, 3.63) is 83.5 Å². The number of hydrogen-bond donors (Lipinski definition) is 0. The van der Waals surface area contributed by atoms with Crippen LogP contribution in [0.2, 0.25) is 0 Å². The summed E-state index contributed by atoms with van der Waals surface area (Å²) in [5, 5.41) is 4.09. The van der Waals surface area contributed by atoms with Crippen molar-refractivity contribution in [2.24, 2.45) is 5.92 Å². The molecule has 0 fully saturated rings. The first-order chi connectivity index (χ1) is 12.1. The van der Waals surface area contributed by atoms with Gasteiger partial charge in [-0.05, 0) is 11.5 Å². The quantitative estimate of drug-likeness (QED) is 0.589. The van der Waals surface area contributed by atoms with Crippen molar-refractivity contribution in [3.63, 3.8) is 0 Å². The Kier molecular flexibility index (Phi) is 5.39. The van der Waals surface area contributed by atoms with Gasteiger partial charge in [0.2, 0.25) is 5.89 Å². The summed E-state index contributed by atoms with van der Waals surface area (Å²) in [6, 6.07) is 19.2. The maximum absolute atomic E-state index is 12.7. The Morgan fingerprint density at radius 1 is 1.00 bits per heavy atom. The van der Waals surface area contributed by atoms with Crippen molar-refractivity contribution >= 4 is 5.78 Å². The van der Waals surface area contributed by atoms with E-state index in [1.807, 2.05) is 60.7 Å². The first-order valence-corrected chi connectivity index (χ1v) is 8.59. The van der Waals surface area contributed by atoms with Gasteiger partial charge in [-0.3, -0.25) is 4.79 Å². The van der Waals surface area contributed by atoms with Crippen LogP contribution in [0.15, 0.2) is 65.2 Å². The molecule has 128 valence electrons. The van der Waals surface area contributed by atoms with Crippen LogP contribution >= 0.6 is 0 Å². The van der Waals surface area contributed by atoms with Gasteiger partial charge in [-0.2, -0.15) is 4.98 Å². The van der Waals surface area contributed by atoms with Crippen molar-refractivity contribution in [2.45, 2.75) is 32.6 Å². The fourth-order valence-electron chi connectivity index (χ4n) is 2.82. The molecule has 2 aromatic carbocycles. The van der Waals surface area contributed by atoms with Gasteiger partial charge in [0.05, 0.1) is 5.92 Å². The van der Waals surface area contributed by atoms with Crippen LogP contribution in [0.4, 0.5) is 0 Å². The molecule has 1 heterocycles. The van der Waals surface area contributed by atoms with Crippen LogP contribution in [0, 0.1) is 5.92 Å². The lowest BCUT2D eigenvalue weighted by molar-refractivity contribution is 0.0973. The summed E-state index contributed by atoms with van der Waals surface area (Å²) in [6.07, 6.45) is 1.06. The predicted molar refractivity (Wildman–Crippen MR) is 96.5 cm³/mol. The second kappa shape index (κ2) is 7.88. The average molecular weight is 334 g/mol. The van der Waals surface area contributed by atoms with E-state index in [0.717, 1.165) is 12.0 Å². The first-order valence-electron chi connectivity index (χ1n) is 8.59. The van der Waals surface area contributed by atoms with E-state index < -0.39 is 0 Å². The molecule has 1 atom stereocenters. The molecule has 0 aliphatic carbocycles. The largest absolute Gasteiger partial charge is 0.339 e. The summed E-state index contributed by atoms with van der Waals surface area (Å²) in [5.74, 6) is 1.48. The Hall–Kier alpha value is -2.75. The van der Waals surface area contributed by atoms with E-state index in [1.54, 1.807) is 0 Å². The number of carbonyl (C=O) groups is 1. The Balaban J connectivity index is 1.88. The van der Waals surface area contributed by atoms with E-state index in [9.17, 15) is 4.79 Å². The molecule has 0 saturated heterocycles. The number of rotatable bonds is 7. The number of nitrogens with zero attached hydrogens (tertiary/aromatic N) is 2. The van der Waals surface area contributed by atoms with Crippen LogP contribution < -0.4 is 0 Å². The van der Waals surface area contributed by atoms with Crippen molar-refractivity contribution in [3.8, 4) is 0 Å². The van der Waals surface area contributed by atoms with Crippen LogP contribution in [0.25, 0.3) is 0 Å². The summed E-state index contributed by atoms with van der Waals surface area (Å²) in [6.45, 7) is 4.23. The van der Waals surface area contributed by atoms with Gasteiger partial charge < -0.3 is 4.52 Å². The Bertz CT molecular complexity index is 810. The third-order valence-corrected chi connectivity index (χ3v) is 4.06. The smallest absolute Gasteiger partial charge is 0.234 e. The molecule has 25 heavy (non-hydrogen) atoms. The van der Waals surface area contributed by atoms with Crippen molar-refractivity contribution in [2.75, 3.05) is 0 Å². The topological polar surface area (TPSA) is 56.0 Å². The third kappa shape index (κ3) is 4.41. The van der Waals surface area contributed by atoms with Crippen LogP contribution in [-0.4, -0.2) is 15.9 Å². The van der Waals surface area contributed by atoms with Crippen molar-refractivity contribution in [1.29, 1.82) is 0 Å². The maximum atomic E-state index is 12.7. The number of ketones is 1. The second-order valence-electron chi connectivity index (χ2n) is 6.60. The Morgan fingerprint density at radius 2 is 1.64 bits per heavy atom. The normalized spacial score (nSPS) is 12.3. The van der Waals surface area contributed by atoms with Gasteiger partial charge in [-0.25, -0.2) is 0 Å². The number of benzene rings is 2. The molecule has 3 aromatic rings. The minimum Gasteiger partial charge on any atom is -0.339 e. The number of aromatic nitrogens is 2. The summed E-state index contributed by atoms with van der Waals surface area (Å²) in [4.78, 5) is 17.2. The monoisotopic (exact) mass is 334 g/mol. The van der Waals surface area contributed by atoms with Crippen molar-refractivity contribution in [1.82, 2.24) is 10.1 Å². The molecule has 3 rings (SSSR count). The van der Waals surface area contributed by atoms with Gasteiger partial charge in [-0.1, -0.05) is 79.7 Å².